The van der Waals surface area contributed by atoms with Gasteiger partial charge in [0.1, 0.15) is 0 Å². The van der Waals surface area contributed by atoms with Gasteiger partial charge in [0.15, 0.2) is 0 Å². The van der Waals surface area contributed by atoms with Crippen LogP contribution in [-0.4, -0.2) is 3.21 Å². The van der Waals surface area contributed by atoms with E-state index in [4.69, 9.17) is 0 Å². The van der Waals surface area contributed by atoms with Gasteiger partial charge in [-0.15, -0.1) is 0 Å². The molecule has 0 saturated heterocycles. The Morgan fingerprint density at radius 2 is 1.41 bits per heavy atom. The third-order valence-corrected chi connectivity index (χ3v) is 10.0. The molecule has 0 bridgehead atoms. The van der Waals surface area contributed by atoms with Crippen LogP contribution in [0.4, 0.5) is 0 Å². The first-order valence-electron chi connectivity index (χ1n) is 11.2. The molecule has 0 N–H and O–H groups in total. The molecule has 0 fully saturated rings. The fourth-order valence-corrected chi connectivity index (χ4v) is 8.17. The van der Waals surface area contributed by atoms with Crippen molar-refractivity contribution in [3.05, 3.63) is 76.4 Å². The summed E-state index contributed by atoms with van der Waals surface area (Å²) in [6.45, 7) is 18.7. The second kappa shape index (κ2) is 9.86. The Morgan fingerprint density at radius 1 is 0.812 bits per heavy atom. The normalized spacial score (nSPS) is 16.4. The van der Waals surface area contributed by atoms with Crippen LogP contribution in [0.3, 0.4) is 0 Å². The van der Waals surface area contributed by atoms with Gasteiger partial charge >= 0.3 is 195 Å². The zero-order valence-electron chi connectivity index (χ0n) is 20.7. The van der Waals surface area contributed by atoms with Gasteiger partial charge in [-0.05, 0) is 0 Å². The summed E-state index contributed by atoms with van der Waals surface area (Å²) in [4.78, 5) is 0. The Bertz CT molecular complexity index is 1100. The standard InChI is InChI=1S/C26H29.C3H6.2ClH.Zr/c1-25(2,3)19-12-11-18-13-23-21(17-9-7-8-10-17)15-20(26(4,5)6)16-24(23)22(18)14-19;1-3-2;;;/h7-9,11-16H,10H2,1-6H3;1-2H3;2*1H;/q;;;;+2/p-2. The number of fused-ring (bicyclic) bond motifs is 3. The molecule has 0 aliphatic heterocycles. The first-order valence-corrected chi connectivity index (χ1v) is 13.9. The second-order valence-electron chi connectivity index (χ2n) is 11.2. The quantitative estimate of drug-likeness (QED) is 0.542. The van der Waals surface area contributed by atoms with E-state index in [0.29, 0.717) is 3.63 Å². The number of rotatable bonds is 2. The molecule has 2 aromatic carbocycles. The summed E-state index contributed by atoms with van der Waals surface area (Å²) >= 11 is -0.701. The number of halogens is 2. The van der Waals surface area contributed by atoms with E-state index in [2.05, 4.69) is 104 Å². The van der Waals surface area contributed by atoms with Crippen molar-refractivity contribution in [2.45, 2.75) is 76.3 Å². The van der Waals surface area contributed by atoms with Crippen LogP contribution in [0.15, 0.2) is 48.6 Å². The molecule has 2 aliphatic rings. The third-order valence-electron chi connectivity index (χ3n) is 6.41. The van der Waals surface area contributed by atoms with Gasteiger partial charge in [0.2, 0.25) is 0 Å². The molecule has 3 heteroatoms. The Balaban J connectivity index is 0.00000181. The summed E-state index contributed by atoms with van der Waals surface area (Å²) in [5.41, 5.74) is 12.5. The molecule has 169 valence electrons. The van der Waals surface area contributed by atoms with E-state index in [-0.39, 0.29) is 35.6 Å². The van der Waals surface area contributed by atoms with E-state index < -0.39 is 22.8 Å². The van der Waals surface area contributed by atoms with Gasteiger partial charge in [0.05, 0.1) is 0 Å². The summed E-state index contributed by atoms with van der Waals surface area (Å²) in [5, 5.41) is 0. The van der Waals surface area contributed by atoms with Crippen LogP contribution in [0, 0.1) is 0 Å². The van der Waals surface area contributed by atoms with E-state index in [1.165, 1.54) is 33.4 Å². The van der Waals surface area contributed by atoms with E-state index >= 15 is 0 Å². The molecule has 1 atom stereocenters. The SMILES string of the molecule is C[C](C)=[Zr+2][CH]1c2ccc(C(C)(C)C)cc2-c2cc(C(C)(C)C)cc(C3=CC=CC3)c21.[Cl-].[Cl-]. The fourth-order valence-electron chi connectivity index (χ4n) is 4.63. The molecule has 0 radical (unpaired) electrons. The second-order valence-corrected chi connectivity index (χ2v) is 15.8. The average Bonchev–Trinajstić information content (AvgIpc) is 3.26. The van der Waals surface area contributed by atoms with Crippen molar-refractivity contribution in [3.63, 3.8) is 0 Å². The molecular weight excluding hydrogens is 510 g/mol. The van der Waals surface area contributed by atoms with Crippen LogP contribution in [0.1, 0.15) is 93.3 Å². The summed E-state index contributed by atoms with van der Waals surface area (Å²) < 4.78 is 2.30. The predicted molar refractivity (Wildman–Crippen MR) is 129 cm³/mol. The zero-order chi connectivity index (χ0) is 21.8. The van der Waals surface area contributed by atoms with Crippen LogP contribution in [0.5, 0.6) is 0 Å². The van der Waals surface area contributed by atoms with E-state index in [9.17, 15) is 0 Å². The zero-order valence-corrected chi connectivity index (χ0v) is 24.6. The van der Waals surface area contributed by atoms with Crippen molar-refractivity contribution < 1.29 is 47.6 Å². The van der Waals surface area contributed by atoms with Crippen LogP contribution in [-0.2, 0) is 33.6 Å². The molecule has 0 spiro atoms. The Kier molecular flexibility index (Phi) is 8.47. The van der Waals surface area contributed by atoms with Crippen LogP contribution in [0.2, 0.25) is 0 Å². The number of hydrogen-bond donors (Lipinski definition) is 0. The van der Waals surface area contributed by atoms with Gasteiger partial charge in [0.25, 0.3) is 0 Å². The Labute approximate surface area is 218 Å². The number of hydrogen-bond acceptors (Lipinski definition) is 0. The molecule has 1 unspecified atom stereocenters. The van der Waals surface area contributed by atoms with Gasteiger partial charge < -0.3 is 24.8 Å². The van der Waals surface area contributed by atoms with Gasteiger partial charge in [-0.1, -0.05) is 0 Å². The Morgan fingerprint density at radius 3 is 1.94 bits per heavy atom. The number of benzene rings is 2. The van der Waals surface area contributed by atoms with Crippen molar-refractivity contribution in [2.24, 2.45) is 0 Å². The van der Waals surface area contributed by atoms with E-state index in [0.717, 1.165) is 6.42 Å². The fraction of sp³-hybridized carbons (Fsp3) is 0.414. The summed E-state index contributed by atoms with van der Waals surface area (Å²) in [6, 6.07) is 12.4. The van der Waals surface area contributed by atoms with Crippen molar-refractivity contribution in [2.75, 3.05) is 0 Å². The van der Waals surface area contributed by atoms with E-state index in [1.807, 2.05) is 0 Å². The molecule has 0 amide bonds. The Hall–Kier alpha value is -0.747. The third kappa shape index (κ3) is 5.16. The van der Waals surface area contributed by atoms with Gasteiger partial charge in [-0.3, -0.25) is 0 Å². The van der Waals surface area contributed by atoms with E-state index in [1.54, 1.807) is 14.3 Å². The smallest absolute Gasteiger partial charge is 1.00 e. The topological polar surface area (TPSA) is 0 Å². The van der Waals surface area contributed by atoms with Gasteiger partial charge in [-0.25, -0.2) is 0 Å². The maximum Gasteiger partial charge on any atom is -1.00 e. The predicted octanol–water partition coefficient (Wildman–Crippen LogP) is 2.00. The molecular formula is C29H35Cl2Zr. The first kappa shape index (κ1) is 27.5. The maximum absolute atomic E-state index is 2.53. The molecule has 0 saturated carbocycles. The van der Waals surface area contributed by atoms with Gasteiger partial charge in [-0.2, -0.15) is 0 Å². The summed E-state index contributed by atoms with van der Waals surface area (Å²) in [6.07, 6.45) is 7.95. The molecule has 0 heterocycles. The van der Waals surface area contributed by atoms with Crippen LogP contribution < -0.4 is 24.8 Å². The largest absolute Gasteiger partial charge is 1.00 e. The minimum Gasteiger partial charge on any atom is -1.00 e. The average molecular weight is 546 g/mol. The van der Waals surface area contributed by atoms with Crippen molar-refractivity contribution >= 4 is 8.78 Å². The molecule has 0 aromatic heterocycles. The molecule has 4 rings (SSSR count). The summed E-state index contributed by atoms with van der Waals surface area (Å²) in [7, 11) is 0. The van der Waals surface area contributed by atoms with Crippen molar-refractivity contribution in [1.82, 2.24) is 0 Å². The van der Waals surface area contributed by atoms with Crippen molar-refractivity contribution in [3.8, 4) is 11.1 Å². The molecule has 2 aliphatic carbocycles. The molecule has 32 heavy (non-hydrogen) atoms. The number of allylic oxidation sites excluding steroid dienone is 4. The monoisotopic (exact) mass is 543 g/mol. The first-order chi connectivity index (χ1) is 14.0. The van der Waals surface area contributed by atoms with Crippen LogP contribution >= 0.6 is 0 Å². The summed E-state index contributed by atoms with van der Waals surface area (Å²) in [5.74, 6) is 0. The van der Waals surface area contributed by atoms with Crippen LogP contribution in [0.25, 0.3) is 16.7 Å². The van der Waals surface area contributed by atoms with Gasteiger partial charge in [0, 0.05) is 0 Å². The minimum absolute atomic E-state index is 0. The minimum atomic E-state index is -0.701. The molecule has 2 aromatic rings. The maximum atomic E-state index is 2.53. The van der Waals surface area contributed by atoms with Crippen molar-refractivity contribution in [1.29, 1.82) is 0 Å². The molecule has 0 nitrogen and oxygen atoms in total.